The zero-order valence-corrected chi connectivity index (χ0v) is 18.8. The third-order valence-electron chi connectivity index (χ3n) is 5.08. The van der Waals surface area contributed by atoms with Crippen molar-refractivity contribution >= 4 is 44.9 Å². The molecule has 4 nitrogen and oxygen atoms in total. The average Bonchev–Trinajstić information content (AvgIpc) is 3.07. The van der Waals surface area contributed by atoms with Crippen LogP contribution in [0.3, 0.4) is 0 Å². The quantitative estimate of drug-likeness (QED) is 0.275. The molecule has 0 aliphatic rings. The summed E-state index contributed by atoms with van der Waals surface area (Å²) in [5, 5.41) is 1.65. The van der Waals surface area contributed by atoms with Gasteiger partial charge in [-0.15, -0.1) is 11.3 Å². The van der Waals surface area contributed by atoms with Crippen LogP contribution in [0.2, 0.25) is 0 Å². The number of nitrogens with zero attached hydrogens (tertiary/aromatic N) is 3. The number of benzene rings is 2. The summed E-state index contributed by atoms with van der Waals surface area (Å²) in [6.07, 6.45) is 1.59. The summed E-state index contributed by atoms with van der Waals surface area (Å²) in [6.45, 7) is 6.68. The minimum absolute atomic E-state index is 0.0615. The predicted octanol–water partition coefficient (Wildman–Crippen LogP) is 6.02. The number of thiophene rings is 1. The van der Waals surface area contributed by atoms with E-state index in [0.717, 1.165) is 26.5 Å². The molecule has 0 saturated heterocycles. The standard InChI is InChI=1S/C24H23N3OS2/c1-16-17(2)29-22-21(16)23(26-15-25-22)30-18(3)24(28)27(20-12-8-5-9-13-20)14-19-10-6-4-7-11-19/h4-13,15,18H,14H2,1-3H3. The molecule has 0 radical (unpaired) electrons. The van der Waals surface area contributed by atoms with Crippen LogP contribution < -0.4 is 4.90 Å². The number of hydrogen-bond donors (Lipinski definition) is 0. The highest BCUT2D eigenvalue weighted by Crippen LogP contribution is 2.36. The third-order valence-corrected chi connectivity index (χ3v) is 7.29. The molecule has 152 valence electrons. The maximum Gasteiger partial charge on any atom is 0.240 e. The molecule has 4 rings (SSSR count). The molecule has 2 heterocycles. The fraction of sp³-hybridized carbons (Fsp3) is 0.208. The smallest absolute Gasteiger partial charge is 0.240 e. The van der Waals surface area contributed by atoms with Crippen molar-refractivity contribution in [2.45, 2.75) is 37.6 Å². The largest absolute Gasteiger partial charge is 0.307 e. The summed E-state index contributed by atoms with van der Waals surface area (Å²) in [7, 11) is 0. The Kier molecular flexibility index (Phi) is 6.16. The van der Waals surface area contributed by atoms with Crippen molar-refractivity contribution in [3.63, 3.8) is 0 Å². The Balaban J connectivity index is 1.63. The molecule has 30 heavy (non-hydrogen) atoms. The van der Waals surface area contributed by atoms with Crippen molar-refractivity contribution < 1.29 is 4.79 Å². The Morgan fingerprint density at radius 1 is 1.03 bits per heavy atom. The number of anilines is 1. The van der Waals surface area contributed by atoms with E-state index in [1.807, 2.05) is 72.5 Å². The lowest BCUT2D eigenvalue weighted by Crippen LogP contribution is -2.36. The number of thioether (sulfide) groups is 1. The van der Waals surface area contributed by atoms with Gasteiger partial charge in [0.05, 0.1) is 11.8 Å². The molecule has 0 aliphatic carbocycles. The summed E-state index contributed by atoms with van der Waals surface area (Å²) in [5.41, 5.74) is 3.19. The van der Waals surface area contributed by atoms with E-state index in [-0.39, 0.29) is 11.2 Å². The molecule has 2 aromatic carbocycles. The van der Waals surface area contributed by atoms with Gasteiger partial charge in [0.2, 0.25) is 5.91 Å². The topological polar surface area (TPSA) is 46.1 Å². The zero-order chi connectivity index (χ0) is 21.1. The molecular formula is C24H23N3OS2. The van der Waals surface area contributed by atoms with E-state index in [4.69, 9.17) is 0 Å². The molecule has 2 aromatic heterocycles. The van der Waals surface area contributed by atoms with Crippen LogP contribution in [0.25, 0.3) is 10.2 Å². The van der Waals surface area contributed by atoms with Gasteiger partial charge in [0, 0.05) is 16.0 Å². The fourth-order valence-corrected chi connectivity index (χ4v) is 5.45. The van der Waals surface area contributed by atoms with Crippen LogP contribution in [0.15, 0.2) is 72.0 Å². The number of para-hydroxylation sites is 1. The average molecular weight is 434 g/mol. The highest BCUT2D eigenvalue weighted by Gasteiger charge is 2.25. The number of rotatable bonds is 6. The van der Waals surface area contributed by atoms with E-state index >= 15 is 0 Å². The SMILES string of the molecule is Cc1sc2ncnc(SC(C)C(=O)N(Cc3ccccc3)c3ccccc3)c2c1C. The number of carbonyl (C=O) groups is 1. The van der Waals surface area contributed by atoms with Crippen LogP contribution in [0.1, 0.15) is 22.9 Å². The van der Waals surface area contributed by atoms with E-state index < -0.39 is 0 Å². The molecule has 0 fully saturated rings. The third kappa shape index (κ3) is 4.25. The first-order chi connectivity index (χ1) is 14.5. The van der Waals surface area contributed by atoms with Crippen molar-refractivity contribution in [2.75, 3.05) is 4.90 Å². The van der Waals surface area contributed by atoms with Gasteiger partial charge >= 0.3 is 0 Å². The number of aryl methyl sites for hydroxylation is 2. The van der Waals surface area contributed by atoms with Gasteiger partial charge < -0.3 is 4.90 Å². The molecule has 0 aliphatic heterocycles. The van der Waals surface area contributed by atoms with Gasteiger partial charge in [0.15, 0.2) is 0 Å². The van der Waals surface area contributed by atoms with Crippen LogP contribution in [0.5, 0.6) is 0 Å². The number of amides is 1. The lowest BCUT2D eigenvalue weighted by molar-refractivity contribution is -0.118. The second-order valence-corrected chi connectivity index (χ2v) is 9.68. The van der Waals surface area contributed by atoms with E-state index in [1.165, 1.54) is 22.2 Å². The highest BCUT2D eigenvalue weighted by molar-refractivity contribution is 8.00. The molecule has 0 bridgehead atoms. The van der Waals surface area contributed by atoms with Gasteiger partial charge in [-0.2, -0.15) is 0 Å². The van der Waals surface area contributed by atoms with Gasteiger partial charge in [-0.05, 0) is 44.0 Å². The second-order valence-electron chi connectivity index (χ2n) is 7.15. The maximum atomic E-state index is 13.5. The first kappa shape index (κ1) is 20.6. The van der Waals surface area contributed by atoms with Crippen LogP contribution in [0, 0.1) is 13.8 Å². The summed E-state index contributed by atoms with van der Waals surface area (Å²) in [6, 6.07) is 19.9. The molecule has 4 aromatic rings. The molecule has 1 unspecified atom stereocenters. The van der Waals surface area contributed by atoms with E-state index in [1.54, 1.807) is 17.7 Å². The molecular weight excluding hydrogens is 410 g/mol. The molecule has 6 heteroatoms. The van der Waals surface area contributed by atoms with Crippen molar-refractivity contribution in [3.05, 3.63) is 83.0 Å². The van der Waals surface area contributed by atoms with E-state index in [0.29, 0.717) is 6.54 Å². The highest BCUT2D eigenvalue weighted by atomic mass is 32.2. The normalized spacial score (nSPS) is 12.1. The van der Waals surface area contributed by atoms with Gasteiger partial charge in [-0.1, -0.05) is 60.3 Å². The van der Waals surface area contributed by atoms with Crippen LogP contribution in [0.4, 0.5) is 5.69 Å². The summed E-state index contributed by atoms with van der Waals surface area (Å²) in [5.74, 6) is 0.0615. The number of hydrogen-bond acceptors (Lipinski definition) is 5. The number of aromatic nitrogens is 2. The van der Waals surface area contributed by atoms with Gasteiger partial charge in [-0.3, -0.25) is 4.79 Å². The van der Waals surface area contributed by atoms with Gasteiger partial charge in [0.1, 0.15) is 16.2 Å². The monoisotopic (exact) mass is 433 g/mol. The summed E-state index contributed by atoms with van der Waals surface area (Å²) < 4.78 is 0. The Hall–Kier alpha value is -2.70. The van der Waals surface area contributed by atoms with Crippen molar-refractivity contribution in [1.29, 1.82) is 0 Å². The van der Waals surface area contributed by atoms with Gasteiger partial charge in [-0.25, -0.2) is 9.97 Å². The Morgan fingerprint density at radius 2 is 1.70 bits per heavy atom. The van der Waals surface area contributed by atoms with E-state index in [9.17, 15) is 4.79 Å². The Morgan fingerprint density at radius 3 is 2.40 bits per heavy atom. The van der Waals surface area contributed by atoms with Crippen molar-refractivity contribution in [3.8, 4) is 0 Å². The first-order valence-electron chi connectivity index (χ1n) is 9.82. The van der Waals surface area contributed by atoms with Crippen LogP contribution in [-0.4, -0.2) is 21.1 Å². The fourth-order valence-electron chi connectivity index (χ4n) is 3.35. The maximum absolute atomic E-state index is 13.5. The summed E-state index contributed by atoms with van der Waals surface area (Å²) >= 11 is 3.18. The van der Waals surface area contributed by atoms with Crippen molar-refractivity contribution in [1.82, 2.24) is 9.97 Å². The minimum atomic E-state index is -0.286. The number of carbonyl (C=O) groups excluding carboxylic acids is 1. The molecule has 0 spiro atoms. The molecule has 0 saturated carbocycles. The molecule has 1 atom stereocenters. The van der Waals surface area contributed by atoms with Crippen LogP contribution in [-0.2, 0) is 11.3 Å². The Labute approximate surface area is 185 Å². The summed E-state index contributed by atoms with van der Waals surface area (Å²) in [4.78, 5) is 26.5. The Bertz CT molecular complexity index is 1160. The van der Waals surface area contributed by atoms with Crippen LogP contribution >= 0.6 is 23.1 Å². The lowest BCUT2D eigenvalue weighted by Gasteiger charge is -2.26. The first-order valence-corrected chi connectivity index (χ1v) is 11.5. The lowest BCUT2D eigenvalue weighted by atomic mass is 10.2. The molecule has 0 N–H and O–H groups in total. The number of fused-ring (bicyclic) bond motifs is 1. The van der Waals surface area contributed by atoms with E-state index in [2.05, 4.69) is 23.8 Å². The zero-order valence-electron chi connectivity index (χ0n) is 17.2. The van der Waals surface area contributed by atoms with Gasteiger partial charge in [0.25, 0.3) is 0 Å². The second kappa shape index (κ2) is 8.98. The molecule has 1 amide bonds. The predicted molar refractivity (Wildman–Crippen MR) is 126 cm³/mol. The minimum Gasteiger partial charge on any atom is -0.307 e. The van der Waals surface area contributed by atoms with Crippen molar-refractivity contribution in [2.24, 2.45) is 0 Å².